The zero-order chi connectivity index (χ0) is 18.1. The third-order valence-corrected chi connectivity index (χ3v) is 4.42. The van der Waals surface area contributed by atoms with Crippen LogP contribution in [0.25, 0.3) is 0 Å². The average molecular weight is 393 g/mol. The number of methoxy groups -OCH3 is 1. The first-order chi connectivity index (χ1) is 12.1. The van der Waals surface area contributed by atoms with E-state index in [0.717, 1.165) is 37.9 Å². The zero-order valence-corrected chi connectivity index (χ0v) is 15.7. The molecule has 148 valence electrons. The molecule has 0 saturated carbocycles. The number of ether oxygens (including phenoxy) is 2. The third-order valence-electron chi connectivity index (χ3n) is 4.42. The van der Waals surface area contributed by atoms with Crippen LogP contribution in [-0.2, 0) is 11.2 Å². The van der Waals surface area contributed by atoms with E-state index in [-0.39, 0.29) is 29.8 Å². The van der Waals surface area contributed by atoms with Crippen LogP contribution < -0.4 is 20.1 Å². The fraction of sp³-hybridized carbons (Fsp3) is 0.611. The van der Waals surface area contributed by atoms with E-state index in [9.17, 15) is 13.6 Å². The Hall–Kier alpha value is -1.60. The lowest BCUT2D eigenvalue weighted by Crippen LogP contribution is -2.30. The van der Waals surface area contributed by atoms with Crippen LogP contribution in [0.4, 0.5) is 8.78 Å². The third kappa shape index (κ3) is 7.74. The molecule has 1 saturated heterocycles. The molecule has 1 amide bonds. The maximum Gasteiger partial charge on any atom is 0.387 e. The maximum atomic E-state index is 12.4. The fourth-order valence-corrected chi connectivity index (χ4v) is 3.00. The second-order valence-corrected chi connectivity index (χ2v) is 6.20. The summed E-state index contributed by atoms with van der Waals surface area (Å²) >= 11 is 0. The van der Waals surface area contributed by atoms with Crippen molar-refractivity contribution < 1.29 is 23.0 Å². The smallest absolute Gasteiger partial charge is 0.387 e. The van der Waals surface area contributed by atoms with Gasteiger partial charge in [-0.3, -0.25) is 4.79 Å². The predicted molar refractivity (Wildman–Crippen MR) is 98.4 cm³/mol. The molecule has 2 N–H and O–H groups in total. The molecule has 1 heterocycles. The second-order valence-electron chi connectivity index (χ2n) is 6.20. The first-order valence-electron chi connectivity index (χ1n) is 8.67. The molecule has 1 fully saturated rings. The van der Waals surface area contributed by atoms with E-state index in [1.165, 1.54) is 13.2 Å². The molecular weight excluding hydrogens is 366 g/mol. The maximum absolute atomic E-state index is 12.4. The van der Waals surface area contributed by atoms with Gasteiger partial charge in [0, 0.05) is 13.0 Å². The highest BCUT2D eigenvalue weighted by molar-refractivity contribution is 5.85. The summed E-state index contributed by atoms with van der Waals surface area (Å²) in [6, 6.07) is 4.89. The Balaban J connectivity index is 0.00000338. The Bertz CT molecular complexity index is 555. The Labute approximate surface area is 159 Å². The molecule has 1 aromatic carbocycles. The standard InChI is InChI=1S/C18H26F2N2O3.ClH/c1-24-15-4-2-14(12-16(15)25-18(19)20)8-11-22-17(23)5-3-13-6-9-21-10-7-13;/h2,4,12-13,18,21H,3,5-11H2,1H3,(H,22,23);1H. The van der Waals surface area contributed by atoms with Crippen molar-refractivity contribution in [3.8, 4) is 11.5 Å². The normalized spacial score (nSPS) is 14.6. The summed E-state index contributed by atoms with van der Waals surface area (Å²) in [6.07, 6.45) is 4.26. The minimum atomic E-state index is -2.90. The molecule has 1 aliphatic heterocycles. The molecule has 0 aliphatic carbocycles. The van der Waals surface area contributed by atoms with E-state index in [1.807, 2.05) is 0 Å². The van der Waals surface area contributed by atoms with Crippen LogP contribution >= 0.6 is 12.4 Å². The molecule has 0 spiro atoms. The largest absolute Gasteiger partial charge is 0.493 e. The van der Waals surface area contributed by atoms with Crippen molar-refractivity contribution in [1.82, 2.24) is 10.6 Å². The highest BCUT2D eigenvalue weighted by Crippen LogP contribution is 2.29. The van der Waals surface area contributed by atoms with Crippen LogP contribution in [0.5, 0.6) is 11.5 Å². The van der Waals surface area contributed by atoms with Gasteiger partial charge in [0.25, 0.3) is 0 Å². The summed E-state index contributed by atoms with van der Waals surface area (Å²) in [5, 5.41) is 6.20. The van der Waals surface area contributed by atoms with Gasteiger partial charge in [-0.15, -0.1) is 12.4 Å². The van der Waals surface area contributed by atoms with Crippen molar-refractivity contribution in [2.75, 3.05) is 26.7 Å². The minimum absolute atomic E-state index is 0. The lowest BCUT2D eigenvalue weighted by molar-refractivity contribution is -0.121. The number of alkyl halides is 2. The van der Waals surface area contributed by atoms with E-state index < -0.39 is 6.61 Å². The Kier molecular flexibility index (Phi) is 10.3. The van der Waals surface area contributed by atoms with Crippen molar-refractivity contribution in [3.63, 3.8) is 0 Å². The lowest BCUT2D eigenvalue weighted by atomic mass is 9.93. The molecule has 26 heavy (non-hydrogen) atoms. The van der Waals surface area contributed by atoms with Crippen molar-refractivity contribution in [2.24, 2.45) is 5.92 Å². The molecule has 0 aromatic heterocycles. The Morgan fingerprint density at radius 3 is 2.69 bits per heavy atom. The van der Waals surface area contributed by atoms with E-state index in [1.54, 1.807) is 12.1 Å². The molecule has 0 atom stereocenters. The number of rotatable bonds is 9. The van der Waals surface area contributed by atoms with Crippen molar-refractivity contribution >= 4 is 18.3 Å². The number of halogens is 3. The van der Waals surface area contributed by atoms with Gasteiger partial charge >= 0.3 is 6.61 Å². The highest BCUT2D eigenvalue weighted by atomic mass is 35.5. The number of hydrogen-bond acceptors (Lipinski definition) is 4. The number of amides is 1. The van der Waals surface area contributed by atoms with Crippen LogP contribution in [0.3, 0.4) is 0 Å². The molecule has 0 unspecified atom stereocenters. The number of carbonyl (C=O) groups is 1. The number of benzene rings is 1. The Morgan fingerprint density at radius 1 is 1.31 bits per heavy atom. The first kappa shape index (κ1) is 22.4. The quantitative estimate of drug-likeness (QED) is 0.677. The van der Waals surface area contributed by atoms with Gasteiger partial charge in [-0.2, -0.15) is 8.78 Å². The van der Waals surface area contributed by atoms with Crippen LogP contribution in [0.15, 0.2) is 18.2 Å². The van der Waals surface area contributed by atoms with E-state index >= 15 is 0 Å². The van der Waals surface area contributed by atoms with Gasteiger partial charge in [0.1, 0.15) is 0 Å². The van der Waals surface area contributed by atoms with Crippen molar-refractivity contribution in [1.29, 1.82) is 0 Å². The van der Waals surface area contributed by atoms with Gasteiger partial charge in [0.15, 0.2) is 11.5 Å². The van der Waals surface area contributed by atoms with E-state index in [2.05, 4.69) is 15.4 Å². The van der Waals surface area contributed by atoms with Crippen molar-refractivity contribution in [3.05, 3.63) is 23.8 Å². The van der Waals surface area contributed by atoms with Crippen LogP contribution in [0.1, 0.15) is 31.2 Å². The molecule has 1 aromatic rings. The SMILES string of the molecule is COc1ccc(CCNC(=O)CCC2CCNCC2)cc1OC(F)F.Cl. The number of carbonyl (C=O) groups excluding carboxylic acids is 1. The summed E-state index contributed by atoms with van der Waals surface area (Å²) < 4.78 is 34.3. The molecule has 2 rings (SSSR count). The van der Waals surface area contributed by atoms with Gasteiger partial charge in [0.2, 0.25) is 5.91 Å². The van der Waals surface area contributed by atoms with Crippen LogP contribution in [0.2, 0.25) is 0 Å². The summed E-state index contributed by atoms with van der Waals surface area (Å²) in [6.45, 7) is -0.371. The average Bonchev–Trinajstić information content (AvgIpc) is 2.60. The second kappa shape index (κ2) is 11.9. The van der Waals surface area contributed by atoms with Gasteiger partial charge < -0.3 is 20.1 Å². The summed E-state index contributed by atoms with van der Waals surface area (Å²) in [7, 11) is 1.40. The number of hydrogen-bond donors (Lipinski definition) is 2. The molecule has 1 aliphatic rings. The number of piperidine rings is 1. The molecule has 5 nitrogen and oxygen atoms in total. The van der Waals surface area contributed by atoms with Gasteiger partial charge in [-0.1, -0.05) is 6.07 Å². The topological polar surface area (TPSA) is 59.6 Å². The molecule has 8 heteroatoms. The first-order valence-corrected chi connectivity index (χ1v) is 8.67. The van der Waals surface area contributed by atoms with Gasteiger partial charge in [-0.05, 0) is 62.4 Å². The van der Waals surface area contributed by atoms with Crippen molar-refractivity contribution in [2.45, 2.75) is 38.7 Å². The number of nitrogens with one attached hydrogen (secondary N) is 2. The molecular formula is C18H27ClF2N2O3. The van der Waals surface area contributed by atoms with E-state index in [4.69, 9.17) is 4.74 Å². The van der Waals surface area contributed by atoms with Gasteiger partial charge in [-0.25, -0.2) is 0 Å². The monoisotopic (exact) mass is 392 g/mol. The summed E-state index contributed by atoms with van der Waals surface area (Å²) in [4.78, 5) is 11.9. The van der Waals surface area contributed by atoms with Crippen LogP contribution in [0, 0.1) is 5.92 Å². The molecule has 0 radical (unpaired) electrons. The lowest BCUT2D eigenvalue weighted by Gasteiger charge is -2.22. The summed E-state index contributed by atoms with van der Waals surface area (Å²) in [5.74, 6) is 0.932. The highest BCUT2D eigenvalue weighted by Gasteiger charge is 2.14. The Morgan fingerprint density at radius 2 is 2.04 bits per heavy atom. The van der Waals surface area contributed by atoms with Gasteiger partial charge in [0.05, 0.1) is 7.11 Å². The molecule has 0 bridgehead atoms. The fourth-order valence-electron chi connectivity index (χ4n) is 3.00. The van der Waals surface area contributed by atoms with E-state index in [0.29, 0.717) is 25.3 Å². The minimum Gasteiger partial charge on any atom is -0.493 e. The summed E-state index contributed by atoms with van der Waals surface area (Å²) in [5.41, 5.74) is 0.801. The zero-order valence-electron chi connectivity index (χ0n) is 14.9. The van der Waals surface area contributed by atoms with Crippen LogP contribution in [-0.4, -0.2) is 39.3 Å². The predicted octanol–water partition coefficient (Wildman–Crippen LogP) is 3.16.